The Morgan fingerprint density at radius 3 is 2.47 bits per heavy atom. The van der Waals surface area contributed by atoms with Gasteiger partial charge in [0.2, 0.25) is 11.8 Å². The maximum Gasteiger partial charge on any atom is 0.238 e. The molecule has 0 saturated carbocycles. The van der Waals surface area contributed by atoms with Gasteiger partial charge in [0.15, 0.2) is 0 Å². The van der Waals surface area contributed by atoms with Crippen LogP contribution < -0.4 is 16.0 Å². The minimum absolute atomic E-state index is 0.0924. The predicted octanol–water partition coefficient (Wildman–Crippen LogP) is 2.14. The fourth-order valence-corrected chi connectivity index (χ4v) is 4.60. The van der Waals surface area contributed by atoms with E-state index in [0.717, 1.165) is 31.7 Å². The molecule has 1 aromatic heterocycles. The molecule has 0 radical (unpaired) electrons. The fourth-order valence-electron chi connectivity index (χ4n) is 4.60. The van der Waals surface area contributed by atoms with Crippen LogP contribution in [0.4, 0.5) is 11.4 Å². The molecule has 158 valence electrons. The van der Waals surface area contributed by atoms with Crippen molar-refractivity contribution in [2.75, 3.05) is 42.9 Å². The number of hydrogen-bond acceptors (Lipinski definition) is 5. The van der Waals surface area contributed by atoms with Crippen molar-refractivity contribution >= 4 is 23.2 Å². The molecule has 1 aromatic carbocycles. The second-order valence-corrected chi connectivity index (χ2v) is 8.26. The lowest BCUT2D eigenvalue weighted by atomic mass is 9.76. The van der Waals surface area contributed by atoms with Crippen LogP contribution in [0.5, 0.6) is 0 Å². The zero-order valence-electron chi connectivity index (χ0n) is 17.2. The van der Waals surface area contributed by atoms with Crippen LogP contribution in [0.3, 0.4) is 0 Å². The summed E-state index contributed by atoms with van der Waals surface area (Å²) in [6.07, 6.45) is 5.59. The summed E-state index contributed by atoms with van der Waals surface area (Å²) in [5.41, 5.74) is 7.62. The summed E-state index contributed by atoms with van der Waals surface area (Å²) >= 11 is 0. The van der Waals surface area contributed by atoms with Crippen LogP contribution in [-0.4, -0.2) is 54.4 Å². The predicted molar refractivity (Wildman–Crippen MR) is 117 cm³/mol. The van der Waals surface area contributed by atoms with Crippen molar-refractivity contribution in [3.8, 4) is 0 Å². The summed E-state index contributed by atoms with van der Waals surface area (Å²) in [6, 6.07) is 13.5. The SMILES string of the molecule is NC(=O)[C@]1(c2ccccn2)CCCN(CC(=O)Nc2ccc(N3CCCC3)cc2)C1. The number of carbonyl (C=O) groups excluding carboxylic acids is 2. The zero-order valence-corrected chi connectivity index (χ0v) is 17.2. The van der Waals surface area contributed by atoms with E-state index >= 15 is 0 Å². The molecule has 2 aliphatic heterocycles. The van der Waals surface area contributed by atoms with E-state index in [-0.39, 0.29) is 18.4 Å². The van der Waals surface area contributed by atoms with Crippen LogP contribution in [0, 0.1) is 0 Å². The van der Waals surface area contributed by atoms with Gasteiger partial charge in [0, 0.05) is 37.2 Å². The summed E-state index contributed by atoms with van der Waals surface area (Å²) in [7, 11) is 0. The highest BCUT2D eigenvalue weighted by atomic mass is 16.2. The number of benzene rings is 1. The Morgan fingerprint density at radius 2 is 1.80 bits per heavy atom. The highest BCUT2D eigenvalue weighted by Gasteiger charge is 2.43. The molecule has 2 aliphatic rings. The number of carbonyl (C=O) groups is 2. The maximum atomic E-state index is 12.6. The van der Waals surface area contributed by atoms with Gasteiger partial charge in [0.25, 0.3) is 0 Å². The molecule has 1 atom stereocenters. The Bertz CT molecular complexity index is 880. The Kier molecular flexibility index (Phi) is 5.99. The molecule has 4 rings (SSSR count). The van der Waals surface area contributed by atoms with E-state index in [1.54, 1.807) is 6.20 Å². The van der Waals surface area contributed by atoms with Crippen molar-refractivity contribution in [1.82, 2.24) is 9.88 Å². The number of nitrogens with one attached hydrogen (secondary N) is 1. The molecular formula is C23H29N5O2. The van der Waals surface area contributed by atoms with Gasteiger partial charge in [0.1, 0.15) is 5.41 Å². The number of piperidine rings is 1. The number of amides is 2. The maximum absolute atomic E-state index is 12.6. The molecule has 0 bridgehead atoms. The average molecular weight is 408 g/mol. The first-order valence-electron chi connectivity index (χ1n) is 10.7. The van der Waals surface area contributed by atoms with Gasteiger partial charge >= 0.3 is 0 Å². The number of nitrogens with zero attached hydrogens (tertiary/aromatic N) is 3. The molecule has 0 spiro atoms. The van der Waals surface area contributed by atoms with Crippen LogP contribution in [0.2, 0.25) is 0 Å². The van der Waals surface area contributed by atoms with Crippen LogP contribution in [-0.2, 0) is 15.0 Å². The van der Waals surface area contributed by atoms with Crippen molar-refractivity contribution in [1.29, 1.82) is 0 Å². The fraction of sp³-hybridized carbons (Fsp3) is 0.435. The normalized spacial score (nSPS) is 22.1. The molecule has 0 unspecified atom stereocenters. The molecule has 2 saturated heterocycles. The molecule has 7 heteroatoms. The molecule has 2 amide bonds. The molecule has 2 fully saturated rings. The quantitative estimate of drug-likeness (QED) is 0.766. The topological polar surface area (TPSA) is 91.6 Å². The summed E-state index contributed by atoms with van der Waals surface area (Å²) in [4.78, 5) is 33.8. The van der Waals surface area contributed by atoms with Crippen molar-refractivity contribution in [2.24, 2.45) is 5.73 Å². The van der Waals surface area contributed by atoms with Gasteiger partial charge < -0.3 is 16.0 Å². The number of primary amides is 1. The number of pyridine rings is 1. The van der Waals surface area contributed by atoms with E-state index in [1.165, 1.54) is 18.5 Å². The van der Waals surface area contributed by atoms with E-state index in [4.69, 9.17) is 5.73 Å². The largest absolute Gasteiger partial charge is 0.372 e. The summed E-state index contributed by atoms with van der Waals surface area (Å²) in [6.45, 7) is 3.57. The van der Waals surface area contributed by atoms with E-state index < -0.39 is 5.41 Å². The Labute approximate surface area is 177 Å². The lowest BCUT2D eigenvalue weighted by molar-refractivity contribution is -0.127. The van der Waals surface area contributed by atoms with Crippen LogP contribution in [0.25, 0.3) is 0 Å². The van der Waals surface area contributed by atoms with Crippen LogP contribution >= 0.6 is 0 Å². The van der Waals surface area contributed by atoms with Crippen LogP contribution in [0.1, 0.15) is 31.4 Å². The molecule has 0 aliphatic carbocycles. The third-order valence-electron chi connectivity index (χ3n) is 6.19. The molecule has 30 heavy (non-hydrogen) atoms. The molecule has 2 aromatic rings. The molecule has 7 nitrogen and oxygen atoms in total. The number of anilines is 2. The lowest BCUT2D eigenvalue weighted by Gasteiger charge is -2.40. The van der Waals surface area contributed by atoms with Crippen LogP contribution in [0.15, 0.2) is 48.7 Å². The van der Waals surface area contributed by atoms with Gasteiger partial charge in [-0.1, -0.05) is 6.07 Å². The highest BCUT2D eigenvalue weighted by molar-refractivity contribution is 5.92. The summed E-state index contributed by atoms with van der Waals surface area (Å²) in [5, 5.41) is 2.97. The molecule has 3 N–H and O–H groups in total. The second kappa shape index (κ2) is 8.83. The first kappa shape index (κ1) is 20.3. The minimum Gasteiger partial charge on any atom is -0.372 e. The monoisotopic (exact) mass is 407 g/mol. The van der Waals surface area contributed by atoms with Crippen molar-refractivity contribution in [2.45, 2.75) is 31.1 Å². The first-order valence-corrected chi connectivity index (χ1v) is 10.7. The number of nitrogens with two attached hydrogens (primary N) is 1. The zero-order chi connectivity index (χ0) is 21.0. The van der Waals surface area contributed by atoms with Gasteiger partial charge in [-0.15, -0.1) is 0 Å². The minimum atomic E-state index is -0.850. The number of aromatic nitrogens is 1. The van der Waals surface area contributed by atoms with Crippen molar-refractivity contribution in [3.05, 3.63) is 54.4 Å². The van der Waals surface area contributed by atoms with Gasteiger partial charge in [-0.25, -0.2) is 0 Å². The first-order chi connectivity index (χ1) is 14.6. The molecular weight excluding hydrogens is 378 g/mol. The second-order valence-electron chi connectivity index (χ2n) is 8.26. The highest BCUT2D eigenvalue weighted by Crippen LogP contribution is 2.32. The Hall–Kier alpha value is -2.93. The Morgan fingerprint density at radius 1 is 1.03 bits per heavy atom. The molecule has 3 heterocycles. The third kappa shape index (κ3) is 4.31. The van der Waals surface area contributed by atoms with Gasteiger partial charge in [-0.2, -0.15) is 0 Å². The standard InChI is InChI=1S/C23H29N5O2/c24-22(30)23(20-6-1-2-12-25-20)11-5-13-27(17-23)16-21(29)26-18-7-9-19(10-8-18)28-14-3-4-15-28/h1-2,6-10,12H,3-5,11,13-17H2,(H2,24,30)(H,26,29)/t23-/m1/s1. The summed E-state index contributed by atoms with van der Waals surface area (Å²) < 4.78 is 0. The van der Waals surface area contributed by atoms with Gasteiger partial charge in [-0.05, 0) is 68.6 Å². The van der Waals surface area contributed by atoms with E-state index in [9.17, 15) is 9.59 Å². The lowest BCUT2D eigenvalue weighted by Crippen LogP contribution is -2.55. The van der Waals surface area contributed by atoms with Gasteiger partial charge in [-0.3, -0.25) is 19.5 Å². The van der Waals surface area contributed by atoms with Gasteiger partial charge in [0.05, 0.1) is 12.2 Å². The number of rotatable bonds is 6. The number of hydrogen-bond donors (Lipinski definition) is 2. The number of likely N-dealkylation sites (tertiary alicyclic amines) is 1. The van der Waals surface area contributed by atoms with E-state index in [0.29, 0.717) is 18.7 Å². The third-order valence-corrected chi connectivity index (χ3v) is 6.19. The summed E-state index contributed by atoms with van der Waals surface area (Å²) in [5.74, 6) is -0.478. The Balaban J connectivity index is 1.38. The van der Waals surface area contributed by atoms with E-state index in [1.807, 2.05) is 35.2 Å². The van der Waals surface area contributed by atoms with Crippen molar-refractivity contribution in [3.63, 3.8) is 0 Å². The smallest absolute Gasteiger partial charge is 0.238 e. The van der Waals surface area contributed by atoms with Crippen molar-refractivity contribution < 1.29 is 9.59 Å². The van der Waals surface area contributed by atoms with E-state index in [2.05, 4.69) is 27.3 Å². The average Bonchev–Trinajstić information content (AvgIpc) is 3.30.